The van der Waals surface area contributed by atoms with Crippen molar-refractivity contribution in [1.82, 2.24) is 5.32 Å². The first-order valence-corrected chi connectivity index (χ1v) is 7.05. The lowest BCUT2D eigenvalue weighted by molar-refractivity contribution is -0.182. The van der Waals surface area contributed by atoms with Gasteiger partial charge in [-0.05, 0) is 43.4 Å². The van der Waals surface area contributed by atoms with E-state index in [1.54, 1.807) is 24.3 Å². The van der Waals surface area contributed by atoms with Gasteiger partial charge in [-0.2, -0.15) is 13.2 Å². The van der Waals surface area contributed by atoms with Gasteiger partial charge >= 0.3 is 6.18 Å². The second-order valence-electron chi connectivity index (χ2n) is 5.58. The van der Waals surface area contributed by atoms with Crippen LogP contribution in [0.5, 0.6) is 0 Å². The zero-order chi connectivity index (χ0) is 15.5. The molecule has 1 saturated carbocycles. The van der Waals surface area contributed by atoms with Gasteiger partial charge in [0.25, 0.3) is 0 Å². The van der Waals surface area contributed by atoms with E-state index in [0.29, 0.717) is 18.5 Å². The van der Waals surface area contributed by atoms with Crippen molar-refractivity contribution in [3.8, 4) is 0 Å². The fourth-order valence-corrected chi connectivity index (χ4v) is 2.66. The summed E-state index contributed by atoms with van der Waals surface area (Å²) in [4.78, 5) is 11.9. The minimum atomic E-state index is -4.11. The van der Waals surface area contributed by atoms with E-state index in [0.717, 1.165) is 5.56 Å². The van der Waals surface area contributed by atoms with Gasteiger partial charge in [0.1, 0.15) is 0 Å². The molecule has 0 aromatic heterocycles. The molecule has 0 atom stereocenters. The fourth-order valence-electron chi connectivity index (χ4n) is 2.66. The number of hydrogen-bond acceptors (Lipinski definition) is 2. The van der Waals surface area contributed by atoms with Crippen LogP contribution in [0.3, 0.4) is 0 Å². The van der Waals surface area contributed by atoms with Gasteiger partial charge in [0.15, 0.2) is 0 Å². The number of nitrogens with two attached hydrogens (primary N) is 1. The van der Waals surface area contributed by atoms with Gasteiger partial charge in [-0.3, -0.25) is 4.79 Å². The standard InChI is InChI=1S/C15H19F3N2O/c16-15(17,18)11-3-7-13(8-4-11)20-14(21)9-10-1-5-12(19)6-2-10/h1-2,5-6,11,13H,3-4,7-9,19H2,(H,20,21). The number of carbonyl (C=O) groups is 1. The third-order valence-corrected chi connectivity index (χ3v) is 3.90. The monoisotopic (exact) mass is 300 g/mol. The van der Waals surface area contributed by atoms with Crippen LogP contribution in [0, 0.1) is 5.92 Å². The molecule has 6 heteroatoms. The van der Waals surface area contributed by atoms with Crippen LogP contribution >= 0.6 is 0 Å². The number of benzene rings is 1. The van der Waals surface area contributed by atoms with Crippen molar-refractivity contribution < 1.29 is 18.0 Å². The lowest BCUT2D eigenvalue weighted by Gasteiger charge is -2.30. The normalized spacial score (nSPS) is 22.8. The number of carbonyl (C=O) groups excluding carboxylic acids is 1. The van der Waals surface area contributed by atoms with Gasteiger partial charge in [-0.1, -0.05) is 12.1 Å². The second kappa shape index (κ2) is 6.37. The van der Waals surface area contributed by atoms with Crippen molar-refractivity contribution in [2.24, 2.45) is 5.92 Å². The maximum Gasteiger partial charge on any atom is 0.391 e. The molecule has 21 heavy (non-hydrogen) atoms. The van der Waals surface area contributed by atoms with E-state index < -0.39 is 12.1 Å². The minimum absolute atomic E-state index is 0.0936. The molecule has 0 aliphatic heterocycles. The average molecular weight is 300 g/mol. The predicted molar refractivity (Wildman–Crippen MR) is 74.5 cm³/mol. The molecule has 1 amide bonds. The lowest BCUT2D eigenvalue weighted by Crippen LogP contribution is -2.40. The minimum Gasteiger partial charge on any atom is -0.399 e. The number of anilines is 1. The Morgan fingerprint density at radius 2 is 1.71 bits per heavy atom. The van der Waals surface area contributed by atoms with Crippen LogP contribution in [-0.4, -0.2) is 18.1 Å². The van der Waals surface area contributed by atoms with E-state index in [2.05, 4.69) is 5.32 Å². The number of nitrogen functional groups attached to an aromatic ring is 1. The molecule has 0 bridgehead atoms. The van der Waals surface area contributed by atoms with Crippen molar-refractivity contribution >= 4 is 11.6 Å². The Hall–Kier alpha value is -1.72. The van der Waals surface area contributed by atoms with Gasteiger partial charge < -0.3 is 11.1 Å². The zero-order valence-electron chi connectivity index (χ0n) is 11.6. The molecule has 3 N–H and O–H groups in total. The Labute approximate surface area is 121 Å². The van der Waals surface area contributed by atoms with Gasteiger partial charge in [-0.25, -0.2) is 0 Å². The molecule has 0 unspecified atom stereocenters. The average Bonchev–Trinajstić information content (AvgIpc) is 2.41. The summed E-state index contributed by atoms with van der Waals surface area (Å²) in [5.41, 5.74) is 7.03. The zero-order valence-corrected chi connectivity index (χ0v) is 11.6. The summed E-state index contributed by atoms with van der Waals surface area (Å²) in [5.74, 6) is -1.38. The van der Waals surface area contributed by atoms with Gasteiger partial charge in [0, 0.05) is 11.7 Å². The van der Waals surface area contributed by atoms with Crippen LogP contribution in [-0.2, 0) is 11.2 Å². The summed E-state index contributed by atoms with van der Waals surface area (Å²) in [7, 11) is 0. The first-order chi connectivity index (χ1) is 9.84. The van der Waals surface area contributed by atoms with Crippen LogP contribution in [0.25, 0.3) is 0 Å². The van der Waals surface area contributed by atoms with Crippen molar-refractivity contribution in [3.63, 3.8) is 0 Å². The Bertz CT molecular complexity index is 477. The van der Waals surface area contributed by atoms with E-state index in [4.69, 9.17) is 5.73 Å². The third-order valence-electron chi connectivity index (χ3n) is 3.90. The van der Waals surface area contributed by atoms with Crippen LogP contribution in [0.15, 0.2) is 24.3 Å². The lowest BCUT2D eigenvalue weighted by atomic mass is 9.85. The van der Waals surface area contributed by atoms with Crippen molar-refractivity contribution in [1.29, 1.82) is 0 Å². The summed E-state index contributed by atoms with van der Waals surface area (Å²) in [6.45, 7) is 0. The van der Waals surface area contributed by atoms with Crippen molar-refractivity contribution in [2.75, 3.05) is 5.73 Å². The molecule has 1 aliphatic carbocycles. The van der Waals surface area contributed by atoms with Crippen molar-refractivity contribution in [3.05, 3.63) is 29.8 Å². The molecule has 0 heterocycles. The summed E-state index contributed by atoms with van der Waals surface area (Å²) >= 11 is 0. The molecule has 0 radical (unpaired) electrons. The Morgan fingerprint density at radius 3 is 2.24 bits per heavy atom. The molecule has 0 saturated heterocycles. The Kier molecular flexibility index (Phi) is 4.75. The van der Waals surface area contributed by atoms with Crippen molar-refractivity contribution in [2.45, 2.75) is 44.3 Å². The molecule has 1 aliphatic rings. The van der Waals surface area contributed by atoms with Gasteiger partial charge in [0.2, 0.25) is 5.91 Å². The third kappa shape index (κ3) is 4.65. The second-order valence-corrected chi connectivity index (χ2v) is 5.58. The number of amides is 1. The van der Waals surface area contributed by atoms with E-state index in [9.17, 15) is 18.0 Å². The molecule has 1 aromatic rings. The van der Waals surface area contributed by atoms with E-state index in [1.165, 1.54) is 0 Å². The number of alkyl halides is 3. The smallest absolute Gasteiger partial charge is 0.391 e. The number of rotatable bonds is 3. The van der Waals surface area contributed by atoms with Crippen LogP contribution in [0.4, 0.5) is 18.9 Å². The Morgan fingerprint density at radius 1 is 1.14 bits per heavy atom. The van der Waals surface area contributed by atoms with E-state index in [-0.39, 0.29) is 31.2 Å². The maximum absolute atomic E-state index is 12.6. The summed E-state index contributed by atoms with van der Waals surface area (Å²) in [6.07, 6.45) is -2.93. The fraction of sp³-hybridized carbons (Fsp3) is 0.533. The maximum atomic E-state index is 12.6. The van der Waals surface area contributed by atoms with E-state index in [1.807, 2.05) is 0 Å². The highest BCUT2D eigenvalue weighted by molar-refractivity contribution is 5.79. The SMILES string of the molecule is Nc1ccc(CC(=O)NC2CCC(C(F)(F)F)CC2)cc1. The first-order valence-electron chi connectivity index (χ1n) is 7.05. The highest BCUT2D eigenvalue weighted by Gasteiger charge is 2.41. The highest BCUT2D eigenvalue weighted by Crippen LogP contribution is 2.37. The predicted octanol–water partition coefficient (Wildman–Crippen LogP) is 3.05. The van der Waals surface area contributed by atoms with Crippen LogP contribution in [0.1, 0.15) is 31.2 Å². The van der Waals surface area contributed by atoms with E-state index >= 15 is 0 Å². The number of hydrogen-bond donors (Lipinski definition) is 2. The molecule has 1 aromatic carbocycles. The summed E-state index contributed by atoms with van der Waals surface area (Å²) in [6, 6.07) is 6.84. The van der Waals surface area contributed by atoms with Crippen LogP contribution < -0.4 is 11.1 Å². The van der Waals surface area contributed by atoms with Crippen LogP contribution in [0.2, 0.25) is 0 Å². The largest absolute Gasteiger partial charge is 0.399 e. The first kappa shape index (κ1) is 15.7. The van der Waals surface area contributed by atoms with Gasteiger partial charge in [0.05, 0.1) is 12.3 Å². The molecule has 1 fully saturated rings. The molecule has 3 nitrogen and oxygen atoms in total. The molecule has 116 valence electrons. The topological polar surface area (TPSA) is 55.1 Å². The molecule has 0 spiro atoms. The molecular weight excluding hydrogens is 281 g/mol. The van der Waals surface area contributed by atoms with Gasteiger partial charge in [-0.15, -0.1) is 0 Å². The summed E-state index contributed by atoms with van der Waals surface area (Å²) < 4.78 is 37.7. The number of nitrogens with one attached hydrogen (secondary N) is 1. The Balaban J connectivity index is 1.78. The number of halogens is 3. The highest BCUT2D eigenvalue weighted by atomic mass is 19.4. The molecule has 2 rings (SSSR count). The quantitative estimate of drug-likeness (QED) is 0.843. The molecular formula is C15H19F3N2O. The summed E-state index contributed by atoms with van der Waals surface area (Å²) in [5, 5.41) is 2.82.